The molecule has 12 rings (SSSR count). The summed E-state index contributed by atoms with van der Waals surface area (Å²) in [5, 5.41) is 2.30. The molecule has 7 heteroatoms. The number of nitrogens with zero attached hydrogens (tertiary/aromatic N) is 7. The molecular weight excluding hydrogens is 819 g/mol. The number of aromatic nitrogens is 7. The molecule has 0 unspecified atom stereocenters. The summed E-state index contributed by atoms with van der Waals surface area (Å²) in [7, 11) is 0. The van der Waals surface area contributed by atoms with E-state index in [1.54, 1.807) is 0 Å². The summed E-state index contributed by atoms with van der Waals surface area (Å²) in [6.07, 6.45) is 0. The van der Waals surface area contributed by atoms with Crippen LogP contribution in [-0.2, 0) is 0 Å². The zero-order valence-electron chi connectivity index (χ0n) is 36.1. The average Bonchev–Trinajstić information content (AvgIpc) is 3.76. The Hall–Kier alpha value is -9.20. The van der Waals surface area contributed by atoms with Gasteiger partial charge in [0.1, 0.15) is 0 Å². The molecule has 67 heavy (non-hydrogen) atoms. The molecule has 314 valence electrons. The van der Waals surface area contributed by atoms with E-state index in [4.69, 9.17) is 29.9 Å². The van der Waals surface area contributed by atoms with Crippen molar-refractivity contribution in [2.45, 2.75) is 0 Å². The van der Waals surface area contributed by atoms with Gasteiger partial charge < -0.3 is 4.57 Å². The van der Waals surface area contributed by atoms with Crippen molar-refractivity contribution in [1.82, 2.24) is 34.5 Å². The van der Waals surface area contributed by atoms with Crippen molar-refractivity contribution < 1.29 is 0 Å². The Morgan fingerprint density at radius 1 is 0.239 bits per heavy atom. The zero-order valence-corrected chi connectivity index (χ0v) is 36.1. The van der Waals surface area contributed by atoms with Crippen LogP contribution in [0.4, 0.5) is 0 Å². The fourth-order valence-corrected chi connectivity index (χ4v) is 8.87. The van der Waals surface area contributed by atoms with E-state index in [0.29, 0.717) is 34.9 Å². The lowest BCUT2D eigenvalue weighted by molar-refractivity contribution is 1.07. The van der Waals surface area contributed by atoms with E-state index >= 15 is 0 Å². The van der Waals surface area contributed by atoms with E-state index in [1.807, 2.05) is 121 Å². The van der Waals surface area contributed by atoms with Crippen LogP contribution in [0.5, 0.6) is 0 Å². The largest absolute Gasteiger partial charge is 0.309 e. The monoisotopic (exact) mass is 857 g/mol. The summed E-state index contributed by atoms with van der Waals surface area (Å²) in [6.45, 7) is 0. The first-order chi connectivity index (χ1) is 33.2. The molecule has 0 aliphatic heterocycles. The molecule has 0 N–H and O–H groups in total. The van der Waals surface area contributed by atoms with Crippen LogP contribution in [0.2, 0.25) is 0 Å². The van der Waals surface area contributed by atoms with Crippen molar-refractivity contribution in [2.75, 3.05) is 0 Å². The second-order valence-corrected chi connectivity index (χ2v) is 16.3. The van der Waals surface area contributed by atoms with Crippen LogP contribution in [0.1, 0.15) is 0 Å². The second-order valence-electron chi connectivity index (χ2n) is 16.3. The van der Waals surface area contributed by atoms with Gasteiger partial charge in [0.25, 0.3) is 0 Å². The van der Waals surface area contributed by atoms with Crippen molar-refractivity contribution in [3.63, 3.8) is 0 Å². The van der Waals surface area contributed by atoms with Crippen LogP contribution in [0.15, 0.2) is 237 Å². The molecule has 0 spiro atoms. The van der Waals surface area contributed by atoms with E-state index < -0.39 is 0 Å². The maximum absolute atomic E-state index is 5.11. The number of benzene rings is 9. The highest BCUT2D eigenvalue weighted by molar-refractivity contribution is 6.15. The third kappa shape index (κ3) is 7.60. The van der Waals surface area contributed by atoms with Gasteiger partial charge in [0.15, 0.2) is 34.9 Å². The van der Waals surface area contributed by atoms with Gasteiger partial charge in [-0.15, -0.1) is 0 Å². The summed E-state index contributed by atoms with van der Waals surface area (Å²) >= 11 is 0. The summed E-state index contributed by atoms with van der Waals surface area (Å²) in [5.41, 5.74) is 13.0. The molecule has 0 atom stereocenters. The van der Waals surface area contributed by atoms with Gasteiger partial charge in [-0.2, -0.15) is 0 Å². The van der Waals surface area contributed by atoms with Crippen molar-refractivity contribution >= 4 is 21.8 Å². The molecule has 0 fully saturated rings. The van der Waals surface area contributed by atoms with Crippen LogP contribution in [-0.4, -0.2) is 34.5 Å². The standard InChI is InChI=1S/C60H39N7/c1-6-20-40(21-7-1)55-61-56(41-22-8-2-9-23-41)64-59(63-55)46-30-18-28-44(36-46)48-38-51(54-52(39-48)50-34-16-17-35-53(50)67(54)49-32-14-5-15-33-49)45-29-19-31-47(37-45)60-65-57(42-24-10-3-11-25-42)62-58(66-60)43-26-12-4-13-27-43/h1-39H. The Balaban J connectivity index is 1.06. The van der Waals surface area contributed by atoms with Crippen LogP contribution in [0, 0.1) is 0 Å². The number of fused-ring (bicyclic) bond motifs is 3. The Kier molecular flexibility index (Phi) is 10.0. The van der Waals surface area contributed by atoms with Gasteiger partial charge in [0.2, 0.25) is 0 Å². The Labute approximate surface area is 387 Å². The van der Waals surface area contributed by atoms with Crippen LogP contribution in [0.25, 0.3) is 118 Å². The first kappa shape index (κ1) is 39.4. The second kappa shape index (κ2) is 17.1. The van der Waals surface area contributed by atoms with Gasteiger partial charge >= 0.3 is 0 Å². The average molecular weight is 858 g/mol. The van der Waals surface area contributed by atoms with Crippen LogP contribution < -0.4 is 0 Å². The molecule has 0 amide bonds. The molecule has 0 aliphatic rings. The molecule has 9 aromatic carbocycles. The van der Waals surface area contributed by atoms with Gasteiger partial charge in [-0.25, -0.2) is 29.9 Å². The summed E-state index contributed by atoms with van der Waals surface area (Å²) < 4.78 is 2.39. The van der Waals surface area contributed by atoms with Crippen molar-refractivity contribution in [3.05, 3.63) is 237 Å². The van der Waals surface area contributed by atoms with Gasteiger partial charge in [-0.1, -0.05) is 194 Å². The highest BCUT2D eigenvalue weighted by atomic mass is 15.0. The molecule has 0 aliphatic carbocycles. The lowest BCUT2D eigenvalue weighted by Gasteiger charge is -2.15. The van der Waals surface area contributed by atoms with Crippen LogP contribution in [0.3, 0.4) is 0 Å². The topological polar surface area (TPSA) is 82.3 Å². The molecular formula is C60H39N7. The first-order valence-electron chi connectivity index (χ1n) is 22.3. The molecule has 7 nitrogen and oxygen atoms in total. The minimum atomic E-state index is 0.598. The summed E-state index contributed by atoms with van der Waals surface area (Å²) in [5.74, 6) is 3.68. The van der Waals surface area contributed by atoms with Gasteiger partial charge in [0.05, 0.1) is 11.0 Å². The van der Waals surface area contributed by atoms with Crippen molar-refractivity contribution in [1.29, 1.82) is 0 Å². The minimum Gasteiger partial charge on any atom is -0.309 e. The minimum absolute atomic E-state index is 0.598. The van der Waals surface area contributed by atoms with Crippen LogP contribution >= 0.6 is 0 Å². The predicted molar refractivity (Wildman–Crippen MR) is 271 cm³/mol. The number of hydrogen-bond acceptors (Lipinski definition) is 6. The number of hydrogen-bond donors (Lipinski definition) is 0. The van der Waals surface area contributed by atoms with E-state index in [0.717, 1.165) is 83.1 Å². The first-order valence-corrected chi connectivity index (χ1v) is 22.3. The molecule has 0 radical (unpaired) electrons. The SMILES string of the molecule is c1ccc(-c2nc(-c3ccccc3)nc(-c3cccc(-c4cc(-c5cccc(-c6nc(-c7ccccc7)nc(-c7ccccc7)n6)c5)c5c(c4)c4ccccc4n5-c4ccccc4)c3)n2)cc1. The Morgan fingerprint density at radius 2 is 0.597 bits per heavy atom. The Bertz CT molecular complexity index is 3610. The number of rotatable bonds is 9. The molecule has 3 heterocycles. The quantitative estimate of drug-likeness (QED) is 0.144. The fraction of sp³-hybridized carbons (Fsp3) is 0. The normalized spacial score (nSPS) is 11.3. The van der Waals surface area contributed by atoms with Gasteiger partial charge in [-0.05, 0) is 59.2 Å². The zero-order chi connectivity index (χ0) is 44.5. The molecule has 3 aromatic heterocycles. The smallest absolute Gasteiger partial charge is 0.164 e. The predicted octanol–water partition coefficient (Wildman–Crippen LogP) is 14.5. The molecule has 12 aromatic rings. The summed E-state index contributed by atoms with van der Waals surface area (Å²) in [4.78, 5) is 30.3. The lowest BCUT2D eigenvalue weighted by atomic mass is 9.94. The van der Waals surface area contributed by atoms with E-state index in [1.165, 1.54) is 0 Å². The number of para-hydroxylation sites is 2. The van der Waals surface area contributed by atoms with E-state index in [9.17, 15) is 0 Å². The van der Waals surface area contributed by atoms with E-state index in [2.05, 4.69) is 120 Å². The van der Waals surface area contributed by atoms with Gasteiger partial charge in [0, 0.05) is 55.4 Å². The Morgan fingerprint density at radius 3 is 1.07 bits per heavy atom. The molecule has 0 saturated heterocycles. The van der Waals surface area contributed by atoms with Crippen molar-refractivity contribution in [3.8, 4) is 96.3 Å². The maximum atomic E-state index is 5.11. The lowest BCUT2D eigenvalue weighted by Crippen LogP contribution is -2.00. The summed E-state index contributed by atoms with van der Waals surface area (Å²) in [6, 6.07) is 81.4. The molecule has 0 bridgehead atoms. The highest BCUT2D eigenvalue weighted by Gasteiger charge is 2.21. The van der Waals surface area contributed by atoms with Gasteiger partial charge in [-0.3, -0.25) is 0 Å². The third-order valence-electron chi connectivity index (χ3n) is 12.1. The molecule has 0 saturated carbocycles. The fourth-order valence-electron chi connectivity index (χ4n) is 8.87. The van der Waals surface area contributed by atoms with E-state index in [-0.39, 0.29) is 0 Å². The maximum Gasteiger partial charge on any atom is 0.164 e. The van der Waals surface area contributed by atoms with Crippen molar-refractivity contribution in [2.24, 2.45) is 0 Å². The third-order valence-corrected chi connectivity index (χ3v) is 12.1. The highest BCUT2D eigenvalue weighted by Crippen LogP contribution is 2.42.